The van der Waals surface area contributed by atoms with Gasteiger partial charge in [-0.15, -0.1) is 0 Å². The monoisotopic (exact) mass is 269 g/mol. The molecule has 1 aromatic carbocycles. The van der Waals surface area contributed by atoms with E-state index in [9.17, 15) is 0 Å². The van der Waals surface area contributed by atoms with Gasteiger partial charge >= 0.3 is 0 Å². The number of halogens is 1. The molecule has 0 aliphatic heterocycles. The summed E-state index contributed by atoms with van der Waals surface area (Å²) in [5.41, 5.74) is 1.43. The molecule has 0 aliphatic carbocycles. The van der Waals surface area contributed by atoms with E-state index in [1.54, 1.807) is 0 Å². The summed E-state index contributed by atoms with van der Waals surface area (Å²) in [6.07, 6.45) is 2.42. The summed E-state index contributed by atoms with van der Waals surface area (Å²) in [7, 11) is 0. The lowest BCUT2D eigenvalue weighted by atomic mass is 9.97. The highest BCUT2D eigenvalue weighted by molar-refractivity contribution is 9.10. The van der Waals surface area contributed by atoms with Gasteiger partial charge in [0, 0.05) is 4.47 Å². The molecule has 0 aliphatic rings. The van der Waals surface area contributed by atoms with Crippen molar-refractivity contribution in [1.82, 2.24) is 5.32 Å². The average Bonchev–Trinajstić information content (AvgIpc) is 2.27. The van der Waals surface area contributed by atoms with Crippen molar-refractivity contribution in [1.29, 1.82) is 0 Å². The van der Waals surface area contributed by atoms with Gasteiger partial charge in [0.05, 0.1) is 0 Å². The van der Waals surface area contributed by atoms with Gasteiger partial charge in [-0.25, -0.2) is 0 Å². The quantitative estimate of drug-likeness (QED) is 0.832. The van der Waals surface area contributed by atoms with Gasteiger partial charge in [0.1, 0.15) is 0 Å². The third kappa shape index (κ3) is 4.80. The van der Waals surface area contributed by atoms with Crippen LogP contribution in [0.4, 0.5) is 0 Å². The maximum absolute atomic E-state index is 3.46. The average molecular weight is 270 g/mol. The summed E-state index contributed by atoms with van der Waals surface area (Å²) >= 11 is 3.46. The molecule has 0 aromatic heterocycles. The normalized spacial score (nSPS) is 12.7. The molecule has 84 valence electrons. The first-order chi connectivity index (χ1) is 7.26. The van der Waals surface area contributed by atoms with Crippen LogP contribution in [0.2, 0.25) is 0 Å². The van der Waals surface area contributed by atoms with Crippen LogP contribution in [0.5, 0.6) is 0 Å². The van der Waals surface area contributed by atoms with Gasteiger partial charge in [-0.2, -0.15) is 0 Å². The Morgan fingerprint density at radius 2 is 1.87 bits per heavy atom. The van der Waals surface area contributed by atoms with Gasteiger partial charge in [-0.1, -0.05) is 48.3 Å². The van der Waals surface area contributed by atoms with Crippen LogP contribution in [0.25, 0.3) is 0 Å². The van der Waals surface area contributed by atoms with Crippen LogP contribution in [0.3, 0.4) is 0 Å². The van der Waals surface area contributed by atoms with Gasteiger partial charge in [0.2, 0.25) is 0 Å². The Hall–Kier alpha value is -0.340. The van der Waals surface area contributed by atoms with E-state index >= 15 is 0 Å². The second-order valence-electron chi connectivity index (χ2n) is 3.91. The number of hydrogen-bond acceptors (Lipinski definition) is 1. The molecule has 0 heterocycles. The molecule has 0 saturated carbocycles. The van der Waals surface area contributed by atoms with E-state index in [0.717, 1.165) is 23.5 Å². The Balaban J connectivity index is 2.47. The molecule has 1 nitrogen and oxygen atoms in total. The van der Waals surface area contributed by atoms with E-state index in [1.165, 1.54) is 18.4 Å². The molecular formula is C13H20BrN. The molecule has 15 heavy (non-hydrogen) atoms. The Kier molecular flexibility index (Phi) is 5.96. The van der Waals surface area contributed by atoms with Crippen molar-refractivity contribution in [3.05, 3.63) is 34.3 Å². The predicted molar refractivity (Wildman–Crippen MR) is 70.2 cm³/mol. The lowest BCUT2D eigenvalue weighted by Gasteiger charge is -2.15. The summed E-state index contributed by atoms with van der Waals surface area (Å²) in [5.74, 6) is 0.756. The third-order valence-corrected chi connectivity index (χ3v) is 3.23. The van der Waals surface area contributed by atoms with E-state index in [-0.39, 0.29) is 0 Å². The zero-order valence-electron chi connectivity index (χ0n) is 9.59. The molecule has 1 unspecified atom stereocenters. The van der Waals surface area contributed by atoms with Gasteiger partial charge in [-0.05, 0) is 43.1 Å². The van der Waals surface area contributed by atoms with Crippen molar-refractivity contribution in [2.24, 2.45) is 5.92 Å². The lowest BCUT2D eigenvalue weighted by Crippen LogP contribution is -2.23. The Labute approximate surface area is 101 Å². The number of rotatable bonds is 6. The first-order valence-corrected chi connectivity index (χ1v) is 6.50. The van der Waals surface area contributed by atoms with Crippen molar-refractivity contribution in [2.45, 2.75) is 26.7 Å². The summed E-state index contributed by atoms with van der Waals surface area (Å²) in [6.45, 7) is 6.62. The second-order valence-corrected chi connectivity index (χ2v) is 4.83. The molecular weight excluding hydrogens is 250 g/mol. The SMILES string of the molecule is CCNCC(CC)Cc1ccc(Br)cc1. The molecule has 1 aromatic rings. The molecule has 2 heteroatoms. The predicted octanol–water partition coefficient (Wildman–Crippen LogP) is 3.63. The Morgan fingerprint density at radius 1 is 1.20 bits per heavy atom. The summed E-state index contributed by atoms with van der Waals surface area (Å²) in [6, 6.07) is 8.65. The summed E-state index contributed by atoms with van der Waals surface area (Å²) < 4.78 is 1.16. The highest BCUT2D eigenvalue weighted by atomic mass is 79.9. The van der Waals surface area contributed by atoms with Crippen molar-refractivity contribution < 1.29 is 0 Å². The van der Waals surface area contributed by atoms with Crippen LogP contribution in [-0.4, -0.2) is 13.1 Å². The topological polar surface area (TPSA) is 12.0 Å². The fourth-order valence-electron chi connectivity index (χ4n) is 1.66. The molecule has 0 fully saturated rings. The van der Waals surface area contributed by atoms with Crippen LogP contribution in [-0.2, 0) is 6.42 Å². The smallest absolute Gasteiger partial charge is 0.0175 e. The van der Waals surface area contributed by atoms with E-state index in [1.807, 2.05) is 0 Å². The van der Waals surface area contributed by atoms with E-state index in [2.05, 4.69) is 59.4 Å². The number of hydrogen-bond donors (Lipinski definition) is 1. The van der Waals surface area contributed by atoms with Gasteiger partial charge in [0.25, 0.3) is 0 Å². The first-order valence-electron chi connectivity index (χ1n) is 5.71. The van der Waals surface area contributed by atoms with Crippen molar-refractivity contribution in [3.63, 3.8) is 0 Å². The molecule has 0 spiro atoms. The first kappa shape index (κ1) is 12.7. The van der Waals surface area contributed by atoms with Crippen LogP contribution in [0, 0.1) is 5.92 Å². The Morgan fingerprint density at radius 3 is 2.40 bits per heavy atom. The van der Waals surface area contributed by atoms with Crippen molar-refractivity contribution in [3.8, 4) is 0 Å². The minimum absolute atomic E-state index is 0.756. The Bertz CT molecular complexity index is 268. The fourth-order valence-corrected chi connectivity index (χ4v) is 1.93. The summed E-state index contributed by atoms with van der Waals surface area (Å²) in [4.78, 5) is 0. The van der Waals surface area contributed by atoms with E-state index < -0.39 is 0 Å². The summed E-state index contributed by atoms with van der Waals surface area (Å²) in [5, 5.41) is 3.42. The van der Waals surface area contributed by atoms with Gasteiger partial charge in [0.15, 0.2) is 0 Å². The third-order valence-electron chi connectivity index (χ3n) is 2.70. The highest BCUT2D eigenvalue weighted by Crippen LogP contribution is 2.15. The molecule has 0 amide bonds. The molecule has 0 radical (unpaired) electrons. The second kappa shape index (κ2) is 7.02. The van der Waals surface area contributed by atoms with E-state index in [0.29, 0.717) is 0 Å². The molecule has 0 saturated heterocycles. The zero-order valence-corrected chi connectivity index (χ0v) is 11.2. The molecule has 0 bridgehead atoms. The maximum atomic E-state index is 3.46. The van der Waals surface area contributed by atoms with Crippen molar-refractivity contribution in [2.75, 3.05) is 13.1 Å². The molecule has 1 N–H and O–H groups in total. The van der Waals surface area contributed by atoms with Gasteiger partial charge in [-0.3, -0.25) is 0 Å². The minimum Gasteiger partial charge on any atom is -0.317 e. The highest BCUT2D eigenvalue weighted by Gasteiger charge is 2.06. The standard InChI is InChI=1S/C13H20BrN/c1-3-11(10-15-4-2)9-12-5-7-13(14)8-6-12/h5-8,11,15H,3-4,9-10H2,1-2H3. The van der Waals surface area contributed by atoms with Gasteiger partial charge < -0.3 is 5.32 Å². The largest absolute Gasteiger partial charge is 0.317 e. The zero-order chi connectivity index (χ0) is 11.1. The minimum atomic E-state index is 0.756. The fraction of sp³-hybridized carbons (Fsp3) is 0.538. The lowest BCUT2D eigenvalue weighted by molar-refractivity contribution is 0.467. The number of benzene rings is 1. The van der Waals surface area contributed by atoms with Crippen LogP contribution < -0.4 is 5.32 Å². The van der Waals surface area contributed by atoms with Crippen LogP contribution in [0.15, 0.2) is 28.7 Å². The van der Waals surface area contributed by atoms with Crippen LogP contribution >= 0.6 is 15.9 Å². The van der Waals surface area contributed by atoms with Crippen molar-refractivity contribution >= 4 is 15.9 Å². The maximum Gasteiger partial charge on any atom is 0.0175 e. The molecule has 1 atom stereocenters. The molecule has 1 rings (SSSR count). The van der Waals surface area contributed by atoms with Crippen LogP contribution in [0.1, 0.15) is 25.8 Å². The van der Waals surface area contributed by atoms with E-state index in [4.69, 9.17) is 0 Å². The number of nitrogens with one attached hydrogen (secondary N) is 1.